The number of nitrogens with zero attached hydrogens (tertiary/aromatic N) is 1. The molecule has 1 aromatic heterocycles. The van der Waals surface area contributed by atoms with Gasteiger partial charge in [-0.1, -0.05) is 6.07 Å². The second-order valence-electron chi connectivity index (χ2n) is 2.89. The van der Waals surface area contributed by atoms with Gasteiger partial charge in [0.15, 0.2) is 6.29 Å². The van der Waals surface area contributed by atoms with Crippen molar-refractivity contribution in [2.45, 2.75) is 13.0 Å². The number of hydrogen-bond donors (Lipinski definition) is 1. The largest absolute Gasteiger partial charge is 0.312 e. The van der Waals surface area contributed by atoms with E-state index in [1.165, 1.54) is 5.56 Å². The third kappa shape index (κ3) is 1.23. The van der Waals surface area contributed by atoms with Crippen LogP contribution in [0.25, 0.3) is 0 Å². The monoisotopic (exact) mass is 162 g/mol. The quantitative estimate of drug-likeness (QED) is 0.613. The van der Waals surface area contributed by atoms with E-state index in [4.69, 9.17) is 0 Å². The second kappa shape index (κ2) is 3.03. The van der Waals surface area contributed by atoms with Crippen molar-refractivity contribution in [3.05, 3.63) is 29.1 Å². The predicted molar refractivity (Wildman–Crippen MR) is 45.0 cm³/mol. The number of rotatable bonds is 1. The molecule has 1 aliphatic rings. The van der Waals surface area contributed by atoms with Crippen molar-refractivity contribution in [2.24, 2.45) is 0 Å². The summed E-state index contributed by atoms with van der Waals surface area (Å²) in [5.74, 6) is 0. The molecular formula is C9H10N2O. The first-order chi connectivity index (χ1) is 5.90. The number of carbonyl (C=O) groups excluding carboxylic acids is 1. The van der Waals surface area contributed by atoms with Crippen LogP contribution in [0.2, 0.25) is 0 Å². The normalized spacial score (nSPS) is 15.3. The molecule has 3 heteroatoms. The van der Waals surface area contributed by atoms with Crippen LogP contribution < -0.4 is 5.32 Å². The fourth-order valence-electron chi connectivity index (χ4n) is 1.42. The molecule has 0 atom stereocenters. The van der Waals surface area contributed by atoms with Gasteiger partial charge in [0.2, 0.25) is 0 Å². The van der Waals surface area contributed by atoms with Crippen LogP contribution in [0.15, 0.2) is 12.1 Å². The van der Waals surface area contributed by atoms with Gasteiger partial charge in [-0.2, -0.15) is 0 Å². The van der Waals surface area contributed by atoms with E-state index in [0.717, 1.165) is 31.5 Å². The lowest BCUT2D eigenvalue weighted by Crippen LogP contribution is -2.24. The molecule has 0 bridgehead atoms. The van der Waals surface area contributed by atoms with E-state index in [0.29, 0.717) is 5.69 Å². The average molecular weight is 162 g/mol. The maximum Gasteiger partial charge on any atom is 0.168 e. The molecule has 1 N–H and O–H groups in total. The van der Waals surface area contributed by atoms with Gasteiger partial charge in [-0.3, -0.25) is 4.79 Å². The van der Waals surface area contributed by atoms with Crippen molar-refractivity contribution in [1.29, 1.82) is 0 Å². The van der Waals surface area contributed by atoms with E-state index in [1.54, 1.807) is 6.07 Å². The summed E-state index contributed by atoms with van der Waals surface area (Å²) in [6.07, 6.45) is 1.72. The summed E-state index contributed by atoms with van der Waals surface area (Å²) < 4.78 is 0. The zero-order valence-corrected chi connectivity index (χ0v) is 6.71. The van der Waals surface area contributed by atoms with Crippen molar-refractivity contribution in [1.82, 2.24) is 10.3 Å². The molecule has 0 fully saturated rings. The maximum absolute atomic E-state index is 10.4. The van der Waals surface area contributed by atoms with Crippen molar-refractivity contribution in [3.8, 4) is 0 Å². The van der Waals surface area contributed by atoms with Gasteiger partial charge in [0.1, 0.15) is 5.69 Å². The third-order valence-corrected chi connectivity index (χ3v) is 2.06. The smallest absolute Gasteiger partial charge is 0.168 e. The summed E-state index contributed by atoms with van der Waals surface area (Å²) in [6.45, 7) is 1.84. The van der Waals surface area contributed by atoms with Crippen LogP contribution >= 0.6 is 0 Å². The molecule has 2 rings (SSSR count). The minimum atomic E-state index is 0.538. The predicted octanol–water partition coefficient (Wildman–Crippen LogP) is 0.540. The third-order valence-electron chi connectivity index (χ3n) is 2.06. The first-order valence-corrected chi connectivity index (χ1v) is 4.05. The van der Waals surface area contributed by atoms with Gasteiger partial charge < -0.3 is 5.32 Å². The molecule has 3 nitrogen and oxygen atoms in total. The molecule has 0 aliphatic carbocycles. The molecule has 1 aliphatic heterocycles. The fourth-order valence-corrected chi connectivity index (χ4v) is 1.42. The number of hydrogen-bond acceptors (Lipinski definition) is 3. The Morgan fingerprint density at radius 2 is 2.42 bits per heavy atom. The number of fused-ring (bicyclic) bond motifs is 1. The highest BCUT2D eigenvalue weighted by atomic mass is 16.1. The number of carbonyl (C=O) groups is 1. The molecule has 0 saturated heterocycles. The Kier molecular flexibility index (Phi) is 1.87. The minimum Gasteiger partial charge on any atom is -0.312 e. The lowest BCUT2D eigenvalue weighted by Gasteiger charge is -2.15. The molecule has 12 heavy (non-hydrogen) atoms. The standard InChI is InChI=1S/C9H10N2O/c12-6-8-2-1-7-5-10-4-3-9(7)11-8/h1-2,6,10H,3-5H2. The van der Waals surface area contributed by atoms with Gasteiger partial charge in [-0.15, -0.1) is 0 Å². The number of nitrogens with one attached hydrogen (secondary N) is 1. The Labute approximate surface area is 70.8 Å². The van der Waals surface area contributed by atoms with Gasteiger partial charge in [0.25, 0.3) is 0 Å². The number of pyridine rings is 1. The summed E-state index contributed by atoms with van der Waals surface area (Å²) in [5.41, 5.74) is 2.82. The van der Waals surface area contributed by atoms with Gasteiger partial charge in [-0.05, 0) is 11.6 Å². The molecule has 1 aromatic rings. The summed E-state index contributed by atoms with van der Waals surface area (Å²) >= 11 is 0. The molecule has 0 aromatic carbocycles. The van der Waals surface area contributed by atoms with Crippen LogP contribution in [0, 0.1) is 0 Å². The van der Waals surface area contributed by atoms with E-state index in [1.807, 2.05) is 6.07 Å². The molecule has 62 valence electrons. The van der Waals surface area contributed by atoms with E-state index in [9.17, 15) is 4.79 Å². The zero-order chi connectivity index (χ0) is 8.39. The van der Waals surface area contributed by atoms with Gasteiger partial charge in [0, 0.05) is 25.2 Å². The lowest BCUT2D eigenvalue weighted by atomic mass is 10.1. The molecule has 0 spiro atoms. The highest BCUT2D eigenvalue weighted by molar-refractivity contribution is 5.71. The first kappa shape index (κ1) is 7.43. The summed E-state index contributed by atoms with van der Waals surface area (Å²) in [4.78, 5) is 14.6. The Bertz CT molecular complexity index is 309. The summed E-state index contributed by atoms with van der Waals surface area (Å²) in [7, 11) is 0. The van der Waals surface area contributed by atoms with Crippen molar-refractivity contribution < 1.29 is 4.79 Å². The van der Waals surface area contributed by atoms with Crippen LogP contribution in [-0.2, 0) is 13.0 Å². The second-order valence-corrected chi connectivity index (χ2v) is 2.89. The summed E-state index contributed by atoms with van der Waals surface area (Å²) in [5, 5.41) is 3.25. The van der Waals surface area contributed by atoms with E-state index in [-0.39, 0.29) is 0 Å². The first-order valence-electron chi connectivity index (χ1n) is 4.05. The Hall–Kier alpha value is -1.22. The van der Waals surface area contributed by atoms with Gasteiger partial charge in [0.05, 0.1) is 0 Å². The highest BCUT2D eigenvalue weighted by Crippen LogP contribution is 2.10. The van der Waals surface area contributed by atoms with Crippen molar-refractivity contribution in [3.63, 3.8) is 0 Å². The Morgan fingerprint density at radius 3 is 3.25 bits per heavy atom. The minimum absolute atomic E-state index is 0.538. The zero-order valence-electron chi connectivity index (χ0n) is 6.71. The Balaban J connectivity index is 2.42. The van der Waals surface area contributed by atoms with E-state index < -0.39 is 0 Å². The molecule has 0 radical (unpaired) electrons. The van der Waals surface area contributed by atoms with Gasteiger partial charge >= 0.3 is 0 Å². The van der Waals surface area contributed by atoms with Crippen LogP contribution in [0.5, 0.6) is 0 Å². The molecule has 2 heterocycles. The van der Waals surface area contributed by atoms with E-state index in [2.05, 4.69) is 10.3 Å². The summed E-state index contributed by atoms with van der Waals surface area (Å²) in [6, 6.07) is 3.73. The fraction of sp³-hybridized carbons (Fsp3) is 0.333. The molecule has 0 unspecified atom stereocenters. The molecular weight excluding hydrogens is 152 g/mol. The molecule has 0 amide bonds. The highest BCUT2D eigenvalue weighted by Gasteiger charge is 2.09. The van der Waals surface area contributed by atoms with Crippen LogP contribution in [0.4, 0.5) is 0 Å². The van der Waals surface area contributed by atoms with Crippen LogP contribution in [-0.4, -0.2) is 17.8 Å². The Morgan fingerprint density at radius 1 is 1.50 bits per heavy atom. The van der Waals surface area contributed by atoms with Crippen molar-refractivity contribution in [2.75, 3.05) is 6.54 Å². The van der Waals surface area contributed by atoms with Gasteiger partial charge in [-0.25, -0.2) is 4.98 Å². The average Bonchev–Trinajstić information content (AvgIpc) is 2.17. The number of aldehydes is 1. The van der Waals surface area contributed by atoms with Crippen molar-refractivity contribution >= 4 is 6.29 Å². The SMILES string of the molecule is O=Cc1ccc2c(n1)CCNC2. The maximum atomic E-state index is 10.4. The molecule has 0 saturated carbocycles. The van der Waals surface area contributed by atoms with Crippen LogP contribution in [0.3, 0.4) is 0 Å². The topological polar surface area (TPSA) is 42.0 Å². The van der Waals surface area contributed by atoms with E-state index >= 15 is 0 Å². The van der Waals surface area contributed by atoms with Crippen LogP contribution in [0.1, 0.15) is 21.7 Å². The lowest BCUT2D eigenvalue weighted by molar-refractivity contribution is 0.111. The number of aromatic nitrogens is 1.